The van der Waals surface area contributed by atoms with Crippen molar-refractivity contribution in [1.29, 1.82) is 0 Å². The Labute approximate surface area is 137 Å². The van der Waals surface area contributed by atoms with Crippen molar-refractivity contribution in [2.75, 3.05) is 18.0 Å². The Bertz CT molecular complexity index is 610. The second-order valence-electron chi connectivity index (χ2n) is 6.21. The van der Waals surface area contributed by atoms with Gasteiger partial charge in [0.15, 0.2) is 0 Å². The zero-order chi connectivity index (χ0) is 16.1. The van der Waals surface area contributed by atoms with Crippen LogP contribution in [0.4, 0.5) is 5.69 Å². The van der Waals surface area contributed by atoms with Gasteiger partial charge in [0.2, 0.25) is 5.91 Å². The molecule has 2 aromatic rings. The minimum Gasteiger partial charge on any atom is -0.467 e. The fraction of sp³-hybridized carbons (Fsp3) is 0.421. The summed E-state index contributed by atoms with van der Waals surface area (Å²) in [6.45, 7) is 4.16. The molecule has 1 unspecified atom stereocenters. The Morgan fingerprint density at radius 3 is 2.74 bits per heavy atom. The van der Waals surface area contributed by atoms with Crippen LogP contribution in [0.5, 0.6) is 0 Å². The highest BCUT2D eigenvalue weighted by molar-refractivity contribution is 5.94. The maximum absolute atomic E-state index is 12.9. The quantitative estimate of drug-likeness (QED) is 0.845. The molecule has 122 valence electrons. The SMILES string of the molecule is CC1CCCCN1CC(=O)N(Cc1ccco1)c1ccccc1. The number of anilines is 1. The van der Waals surface area contributed by atoms with Gasteiger partial charge in [0.25, 0.3) is 0 Å². The van der Waals surface area contributed by atoms with Crippen LogP contribution in [-0.4, -0.2) is 29.9 Å². The van der Waals surface area contributed by atoms with E-state index in [1.807, 2.05) is 47.4 Å². The highest BCUT2D eigenvalue weighted by Crippen LogP contribution is 2.20. The Hall–Kier alpha value is -2.07. The third kappa shape index (κ3) is 4.02. The van der Waals surface area contributed by atoms with Crippen LogP contribution in [0.3, 0.4) is 0 Å². The Morgan fingerprint density at radius 2 is 2.04 bits per heavy atom. The number of rotatable bonds is 5. The van der Waals surface area contributed by atoms with Crippen LogP contribution in [0.25, 0.3) is 0 Å². The van der Waals surface area contributed by atoms with E-state index in [-0.39, 0.29) is 5.91 Å². The van der Waals surface area contributed by atoms with E-state index in [2.05, 4.69) is 11.8 Å². The molecule has 1 saturated heterocycles. The van der Waals surface area contributed by atoms with Gasteiger partial charge in [-0.05, 0) is 50.6 Å². The van der Waals surface area contributed by atoms with Gasteiger partial charge in [-0.25, -0.2) is 0 Å². The van der Waals surface area contributed by atoms with Gasteiger partial charge in [0.05, 0.1) is 19.4 Å². The van der Waals surface area contributed by atoms with E-state index in [1.165, 1.54) is 19.3 Å². The maximum atomic E-state index is 12.9. The summed E-state index contributed by atoms with van der Waals surface area (Å²) in [6, 6.07) is 14.1. The van der Waals surface area contributed by atoms with E-state index in [9.17, 15) is 4.79 Å². The van der Waals surface area contributed by atoms with Crippen molar-refractivity contribution in [3.63, 3.8) is 0 Å². The van der Waals surface area contributed by atoms with E-state index < -0.39 is 0 Å². The Morgan fingerprint density at radius 1 is 1.22 bits per heavy atom. The van der Waals surface area contributed by atoms with Gasteiger partial charge in [0.1, 0.15) is 5.76 Å². The summed E-state index contributed by atoms with van der Waals surface area (Å²) in [5, 5.41) is 0. The Kier molecular flexibility index (Phi) is 5.13. The molecule has 0 aliphatic carbocycles. The van der Waals surface area contributed by atoms with Crippen molar-refractivity contribution in [3.05, 3.63) is 54.5 Å². The number of benzene rings is 1. The molecule has 1 aromatic heterocycles. The number of piperidine rings is 1. The summed E-state index contributed by atoms with van der Waals surface area (Å²) in [6.07, 6.45) is 5.27. The second kappa shape index (κ2) is 7.47. The number of nitrogens with zero attached hydrogens (tertiary/aromatic N) is 2. The van der Waals surface area contributed by atoms with E-state index in [4.69, 9.17) is 4.42 Å². The molecule has 0 radical (unpaired) electrons. The summed E-state index contributed by atoms with van der Waals surface area (Å²) in [5.41, 5.74) is 0.915. The van der Waals surface area contributed by atoms with Gasteiger partial charge in [0, 0.05) is 11.7 Å². The summed E-state index contributed by atoms with van der Waals surface area (Å²) in [7, 11) is 0. The van der Waals surface area contributed by atoms with E-state index in [1.54, 1.807) is 6.26 Å². The fourth-order valence-electron chi connectivity index (χ4n) is 3.14. The lowest BCUT2D eigenvalue weighted by atomic mass is 10.0. The van der Waals surface area contributed by atoms with Crippen molar-refractivity contribution in [3.8, 4) is 0 Å². The molecule has 1 fully saturated rings. The van der Waals surface area contributed by atoms with Crippen LogP contribution in [0.15, 0.2) is 53.1 Å². The fourth-order valence-corrected chi connectivity index (χ4v) is 3.14. The highest BCUT2D eigenvalue weighted by atomic mass is 16.3. The van der Waals surface area contributed by atoms with Gasteiger partial charge >= 0.3 is 0 Å². The van der Waals surface area contributed by atoms with Crippen molar-refractivity contribution in [2.24, 2.45) is 0 Å². The minimum atomic E-state index is 0.126. The first kappa shape index (κ1) is 15.8. The third-order valence-electron chi connectivity index (χ3n) is 4.54. The van der Waals surface area contributed by atoms with Crippen LogP contribution < -0.4 is 4.90 Å². The number of furan rings is 1. The molecule has 0 spiro atoms. The summed E-state index contributed by atoms with van der Waals surface area (Å²) >= 11 is 0. The lowest BCUT2D eigenvalue weighted by Crippen LogP contribution is -2.45. The van der Waals surface area contributed by atoms with Gasteiger partial charge in [-0.1, -0.05) is 24.6 Å². The van der Waals surface area contributed by atoms with Crippen LogP contribution in [0.2, 0.25) is 0 Å². The lowest BCUT2D eigenvalue weighted by Gasteiger charge is -2.34. The van der Waals surface area contributed by atoms with Crippen molar-refractivity contribution >= 4 is 11.6 Å². The standard InChI is InChI=1S/C19H24N2O2/c1-16-8-5-6-12-20(16)15-19(22)21(14-18-11-7-13-23-18)17-9-3-2-4-10-17/h2-4,7,9-11,13,16H,5-6,8,12,14-15H2,1H3. The van der Waals surface area contributed by atoms with Gasteiger partial charge in [-0.2, -0.15) is 0 Å². The molecule has 1 amide bonds. The monoisotopic (exact) mass is 312 g/mol. The first-order chi connectivity index (χ1) is 11.2. The van der Waals surface area contributed by atoms with Gasteiger partial charge in [-0.15, -0.1) is 0 Å². The molecule has 23 heavy (non-hydrogen) atoms. The maximum Gasteiger partial charge on any atom is 0.241 e. The number of hydrogen-bond acceptors (Lipinski definition) is 3. The molecular formula is C19H24N2O2. The van der Waals surface area contributed by atoms with Crippen molar-refractivity contribution in [1.82, 2.24) is 4.90 Å². The van der Waals surface area contributed by atoms with Gasteiger partial charge < -0.3 is 9.32 Å². The molecule has 4 nitrogen and oxygen atoms in total. The highest BCUT2D eigenvalue weighted by Gasteiger charge is 2.24. The molecular weight excluding hydrogens is 288 g/mol. The summed E-state index contributed by atoms with van der Waals surface area (Å²) < 4.78 is 5.44. The van der Waals surface area contributed by atoms with Crippen LogP contribution in [0.1, 0.15) is 31.9 Å². The molecule has 0 saturated carbocycles. The largest absolute Gasteiger partial charge is 0.467 e. The molecule has 1 aliphatic heterocycles. The molecule has 1 atom stereocenters. The average molecular weight is 312 g/mol. The minimum absolute atomic E-state index is 0.126. The first-order valence-electron chi connectivity index (χ1n) is 8.36. The van der Waals surface area contributed by atoms with Crippen molar-refractivity contribution < 1.29 is 9.21 Å². The van der Waals surface area contributed by atoms with E-state index >= 15 is 0 Å². The predicted molar refractivity (Wildman–Crippen MR) is 91.2 cm³/mol. The average Bonchev–Trinajstić information content (AvgIpc) is 3.09. The van der Waals surface area contributed by atoms with Crippen molar-refractivity contribution in [2.45, 2.75) is 38.8 Å². The molecule has 3 rings (SSSR count). The molecule has 0 bridgehead atoms. The van der Waals surface area contributed by atoms with E-state index in [0.29, 0.717) is 19.1 Å². The molecule has 1 aromatic carbocycles. The zero-order valence-electron chi connectivity index (χ0n) is 13.6. The van der Waals surface area contributed by atoms with Crippen LogP contribution in [0, 0.1) is 0 Å². The number of hydrogen-bond donors (Lipinski definition) is 0. The van der Waals surface area contributed by atoms with Gasteiger partial charge in [-0.3, -0.25) is 9.69 Å². The number of likely N-dealkylation sites (tertiary alicyclic amines) is 1. The summed E-state index contributed by atoms with van der Waals surface area (Å²) in [5.74, 6) is 0.926. The first-order valence-corrected chi connectivity index (χ1v) is 8.36. The molecule has 1 aliphatic rings. The smallest absolute Gasteiger partial charge is 0.241 e. The van der Waals surface area contributed by atoms with Crippen LogP contribution in [-0.2, 0) is 11.3 Å². The van der Waals surface area contributed by atoms with Crippen LogP contribution >= 0.6 is 0 Å². The zero-order valence-corrected chi connectivity index (χ0v) is 13.6. The number of para-hydroxylation sites is 1. The molecule has 2 heterocycles. The predicted octanol–water partition coefficient (Wildman–Crippen LogP) is 3.69. The number of amides is 1. The molecule has 0 N–H and O–H groups in total. The summed E-state index contributed by atoms with van der Waals surface area (Å²) in [4.78, 5) is 17.0. The number of carbonyl (C=O) groups excluding carboxylic acids is 1. The normalized spacial score (nSPS) is 18.7. The molecule has 4 heteroatoms. The van der Waals surface area contributed by atoms with E-state index in [0.717, 1.165) is 18.0 Å². The lowest BCUT2D eigenvalue weighted by molar-refractivity contribution is -0.120. The topological polar surface area (TPSA) is 36.7 Å². The number of carbonyl (C=O) groups is 1. The Balaban J connectivity index is 1.75. The third-order valence-corrected chi connectivity index (χ3v) is 4.54. The second-order valence-corrected chi connectivity index (χ2v) is 6.21.